The molecule has 0 aliphatic carbocycles. The van der Waals surface area contributed by atoms with Crippen LogP contribution in [0.15, 0.2) is 12.2 Å². The Balaban J connectivity index is 4.28. The first-order chi connectivity index (χ1) is 29.5. The van der Waals surface area contributed by atoms with Crippen LogP contribution in [0, 0.1) is 0 Å². The van der Waals surface area contributed by atoms with E-state index in [1.807, 2.05) is 0 Å². The normalized spacial score (nSPS) is 12.0. The molecule has 0 saturated carbocycles. The van der Waals surface area contributed by atoms with Crippen molar-refractivity contribution in [2.75, 3.05) is 13.2 Å². The molecule has 0 saturated heterocycles. The fourth-order valence-electron chi connectivity index (χ4n) is 7.97. The largest absolute Gasteiger partial charge is 0.462 e. The highest BCUT2D eigenvalue weighted by atomic mass is 16.6. The number of rotatable bonds is 49. The molecule has 6 heteroatoms. The minimum absolute atomic E-state index is 0.0661. The molecule has 0 aromatic carbocycles. The van der Waals surface area contributed by atoms with E-state index in [9.17, 15) is 14.4 Å². The maximum Gasteiger partial charge on any atom is 0.306 e. The Kier molecular flexibility index (Phi) is 48.3. The van der Waals surface area contributed by atoms with Gasteiger partial charge >= 0.3 is 17.9 Å². The van der Waals surface area contributed by atoms with E-state index in [-0.39, 0.29) is 31.1 Å². The Morgan fingerprint density at radius 1 is 0.317 bits per heavy atom. The summed E-state index contributed by atoms with van der Waals surface area (Å²) >= 11 is 0. The predicted molar refractivity (Wildman–Crippen MR) is 256 cm³/mol. The number of unbranched alkanes of at least 4 members (excludes halogenated alkanes) is 36. The summed E-state index contributed by atoms with van der Waals surface area (Å²) in [6, 6.07) is 0. The van der Waals surface area contributed by atoms with Gasteiger partial charge in [-0.2, -0.15) is 0 Å². The molecular formula is C54H102O6. The molecule has 0 radical (unpaired) electrons. The van der Waals surface area contributed by atoms with Crippen molar-refractivity contribution in [3.8, 4) is 0 Å². The first kappa shape index (κ1) is 58.1. The van der Waals surface area contributed by atoms with Gasteiger partial charge < -0.3 is 14.2 Å². The lowest BCUT2D eigenvalue weighted by Crippen LogP contribution is -2.30. The van der Waals surface area contributed by atoms with Crippen LogP contribution in [-0.4, -0.2) is 37.2 Å². The van der Waals surface area contributed by atoms with Crippen LogP contribution in [0.5, 0.6) is 0 Å². The van der Waals surface area contributed by atoms with Crippen molar-refractivity contribution in [2.24, 2.45) is 0 Å². The Morgan fingerprint density at radius 2 is 0.550 bits per heavy atom. The van der Waals surface area contributed by atoms with Crippen molar-refractivity contribution < 1.29 is 28.6 Å². The van der Waals surface area contributed by atoms with E-state index in [0.29, 0.717) is 19.3 Å². The summed E-state index contributed by atoms with van der Waals surface area (Å²) in [5.74, 6) is -0.854. The van der Waals surface area contributed by atoms with E-state index in [1.165, 1.54) is 199 Å². The molecule has 0 aliphatic heterocycles. The second-order valence-corrected chi connectivity index (χ2v) is 18.2. The van der Waals surface area contributed by atoms with Crippen LogP contribution in [0.25, 0.3) is 0 Å². The first-order valence-corrected chi connectivity index (χ1v) is 26.7. The number of esters is 3. The number of carbonyl (C=O) groups excluding carboxylic acids is 3. The molecule has 0 aromatic heterocycles. The highest BCUT2D eigenvalue weighted by Gasteiger charge is 2.19. The lowest BCUT2D eigenvalue weighted by Gasteiger charge is -2.18. The molecule has 0 fully saturated rings. The molecule has 1 atom stereocenters. The molecule has 6 nitrogen and oxygen atoms in total. The van der Waals surface area contributed by atoms with Gasteiger partial charge in [-0.15, -0.1) is 0 Å². The summed E-state index contributed by atoms with van der Waals surface area (Å²) in [4.78, 5) is 37.9. The van der Waals surface area contributed by atoms with Crippen molar-refractivity contribution in [1.29, 1.82) is 0 Å². The van der Waals surface area contributed by atoms with Crippen LogP contribution < -0.4 is 0 Å². The van der Waals surface area contributed by atoms with E-state index >= 15 is 0 Å². The van der Waals surface area contributed by atoms with Crippen LogP contribution in [0.4, 0.5) is 0 Å². The molecule has 1 unspecified atom stereocenters. The molecule has 0 bridgehead atoms. The zero-order valence-corrected chi connectivity index (χ0v) is 40.5. The van der Waals surface area contributed by atoms with E-state index in [0.717, 1.165) is 57.8 Å². The van der Waals surface area contributed by atoms with E-state index in [1.54, 1.807) is 0 Å². The van der Waals surface area contributed by atoms with Gasteiger partial charge in [0.15, 0.2) is 6.10 Å². The molecule has 0 aromatic rings. The van der Waals surface area contributed by atoms with Crippen molar-refractivity contribution in [2.45, 2.75) is 303 Å². The Bertz CT molecular complexity index is 931. The van der Waals surface area contributed by atoms with E-state index < -0.39 is 6.10 Å². The second kappa shape index (κ2) is 49.8. The first-order valence-electron chi connectivity index (χ1n) is 26.7. The van der Waals surface area contributed by atoms with Crippen molar-refractivity contribution in [3.63, 3.8) is 0 Å². The Morgan fingerprint density at radius 3 is 0.833 bits per heavy atom. The minimum atomic E-state index is -0.764. The summed E-state index contributed by atoms with van der Waals surface area (Å²) in [5, 5.41) is 0. The highest BCUT2D eigenvalue weighted by molar-refractivity contribution is 5.71. The molecule has 0 spiro atoms. The molecule has 354 valence electrons. The Labute approximate surface area is 373 Å². The van der Waals surface area contributed by atoms with Crippen molar-refractivity contribution >= 4 is 17.9 Å². The van der Waals surface area contributed by atoms with Gasteiger partial charge in [0, 0.05) is 19.3 Å². The third-order valence-corrected chi connectivity index (χ3v) is 12.0. The van der Waals surface area contributed by atoms with E-state index in [2.05, 4.69) is 32.9 Å². The van der Waals surface area contributed by atoms with Crippen LogP contribution in [0.2, 0.25) is 0 Å². The number of carbonyl (C=O) groups is 3. The molecule has 60 heavy (non-hydrogen) atoms. The molecule has 0 N–H and O–H groups in total. The van der Waals surface area contributed by atoms with Crippen LogP contribution in [-0.2, 0) is 28.6 Å². The molecule has 0 amide bonds. The third kappa shape index (κ3) is 47.2. The van der Waals surface area contributed by atoms with E-state index in [4.69, 9.17) is 14.2 Å². The third-order valence-electron chi connectivity index (χ3n) is 12.0. The van der Waals surface area contributed by atoms with Gasteiger partial charge in [-0.05, 0) is 44.9 Å². The maximum absolute atomic E-state index is 12.8. The topological polar surface area (TPSA) is 78.9 Å². The summed E-state index contributed by atoms with van der Waals surface area (Å²) in [7, 11) is 0. The van der Waals surface area contributed by atoms with Crippen molar-refractivity contribution in [3.05, 3.63) is 12.2 Å². The van der Waals surface area contributed by atoms with Crippen LogP contribution in [0.3, 0.4) is 0 Å². The highest BCUT2D eigenvalue weighted by Crippen LogP contribution is 2.16. The fraction of sp³-hybridized carbons (Fsp3) is 0.907. The quantitative estimate of drug-likeness (QED) is 0.0263. The Hall–Kier alpha value is -1.85. The van der Waals surface area contributed by atoms with Gasteiger partial charge in [-0.1, -0.05) is 245 Å². The summed E-state index contributed by atoms with van der Waals surface area (Å²) < 4.78 is 16.8. The number of hydrogen-bond acceptors (Lipinski definition) is 6. The van der Waals surface area contributed by atoms with Gasteiger partial charge in [0.1, 0.15) is 13.2 Å². The zero-order chi connectivity index (χ0) is 43.7. The lowest BCUT2D eigenvalue weighted by molar-refractivity contribution is -0.167. The van der Waals surface area contributed by atoms with Crippen LogP contribution >= 0.6 is 0 Å². The van der Waals surface area contributed by atoms with Crippen molar-refractivity contribution in [1.82, 2.24) is 0 Å². The minimum Gasteiger partial charge on any atom is -0.462 e. The second-order valence-electron chi connectivity index (χ2n) is 18.2. The van der Waals surface area contributed by atoms with Gasteiger partial charge in [0.2, 0.25) is 0 Å². The molecule has 0 rings (SSSR count). The monoisotopic (exact) mass is 847 g/mol. The molecular weight excluding hydrogens is 745 g/mol. The fourth-order valence-corrected chi connectivity index (χ4v) is 7.97. The van der Waals surface area contributed by atoms with Gasteiger partial charge in [-0.3, -0.25) is 14.4 Å². The summed E-state index contributed by atoms with van der Waals surface area (Å²) in [6.07, 6.45) is 54.8. The van der Waals surface area contributed by atoms with Crippen LogP contribution in [0.1, 0.15) is 297 Å². The molecule has 0 heterocycles. The zero-order valence-electron chi connectivity index (χ0n) is 40.5. The number of allylic oxidation sites excluding steroid dienone is 2. The average molecular weight is 847 g/mol. The summed E-state index contributed by atoms with van der Waals surface area (Å²) in [6.45, 7) is 6.66. The standard InChI is InChI=1S/C54H102O6/c1-4-7-10-13-16-19-22-24-26-27-28-29-31-32-35-38-41-44-47-53(56)59-50-51(49-58-52(55)46-43-40-37-34-21-18-15-12-9-6-3)60-54(57)48-45-42-39-36-33-30-25-23-20-17-14-11-8-5-2/h26-27,51H,4-25,28-50H2,1-3H3/b27-26-. The van der Waals surface area contributed by atoms with Gasteiger partial charge in [0.05, 0.1) is 0 Å². The number of ether oxygens (including phenoxy) is 3. The van der Waals surface area contributed by atoms with Gasteiger partial charge in [-0.25, -0.2) is 0 Å². The lowest BCUT2D eigenvalue weighted by atomic mass is 10.0. The predicted octanol–water partition coefficient (Wildman–Crippen LogP) is 17.4. The maximum atomic E-state index is 12.8. The average Bonchev–Trinajstić information content (AvgIpc) is 3.24. The number of hydrogen-bond donors (Lipinski definition) is 0. The smallest absolute Gasteiger partial charge is 0.306 e. The summed E-state index contributed by atoms with van der Waals surface area (Å²) in [5.41, 5.74) is 0. The SMILES string of the molecule is CCCCCCCCC/C=C\CCCCCCCCCC(=O)OCC(COC(=O)CCCCCCCCCCCC)OC(=O)CCCCCCCCCCCCCCCC. The van der Waals surface area contributed by atoms with Gasteiger partial charge in [0.25, 0.3) is 0 Å². The molecule has 0 aliphatic rings.